The minimum Gasteiger partial charge on any atom is -0.492 e. The summed E-state index contributed by atoms with van der Waals surface area (Å²) in [6, 6.07) is 15.3. The van der Waals surface area contributed by atoms with Crippen LogP contribution >= 0.6 is 0 Å². The van der Waals surface area contributed by atoms with Crippen molar-refractivity contribution in [3.8, 4) is 5.75 Å². The Kier molecular flexibility index (Phi) is 9.17. The number of hydrogen-bond donors (Lipinski definition) is 1. The van der Waals surface area contributed by atoms with Gasteiger partial charge in [0.1, 0.15) is 12.4 Å². The van der Waals surface area contributed by atoms with Gasteiger partial charge in [0.2, 0.25) is 15.9 Å². The molecule has 2 aromatic carbocycles. The van der Waals surface area contributed by atoms with Crippen LogP contribution in [0.3, 0.4) is 0 Å². The Labute approximate surface area is 180 Å². The summed E-state index contributed by atoms with van der Waals surface area (Å²) >= 11 is 0. The molecule has 164 valence electrons. The van der Waals surface area contributed by atoms with E-state index < -0.39 is 10.0 Å². The molecule has 0 heterocycles. The maximum Gasteiger partial charge on any atom is 0.232 e. The van der Waals surface area contributed by atoms with Crippen LogP contribution in [0, 0.1) is 6.92 Å². The summed E-state index contributed by atoms with van der Waals surface area (Å²) in [4.78, 5) is 12.0. The van der Waals surface area contributed by atoms with Crippen molar-refractivity contribution < 1.29 is 17.9 Å². The fourth-order valence-electron chi connectivity index (χ4n) is 3.07. The highest BCUT2D eigenvalue weighted by Crippen LogP contribution is 2.19. The minimum atomic E-state index is -3.41. The molecule has 0 fully saturated rings. The third kappa shape index (κ3) is 8.06. The van der Waals surface area contributed by atoms with Gasteiger partial charge >= 0.3 is 0 Å². The number of anilines is 1. The molecule has 0 bridgehead atoms. The van der Waals surface area contributed by atoms with E-state index in [0.717, 1.165) is 24.2 Å². The lowest BCUT2D eigenvalue weighted by Crippen LogP contribution is -2.32. The molecule has 2 rings (SSSR count). The molecule has 0 unspecified atom stereocenters. The number of carbonyl (C=O) groups is 1. The zero-order valence-corrected chi connectivity index (χ0v) is 18.9. The van der Waals surface area contributed by atoms with Crippen molar-refractivity contribution >= 4 is 21.6 Å². The molecule has 1 N–H and O–H groups in total. The number of nitrogens with zero attached hydrogens (tertiary/aromatic N) is 1. The normalized spacial score (nSPS) is 11.2. The van der Waals surface area contributed by atoms with E-state index in [0.29, 0.717) is 25.3 Å². The largest absolute Gasteiger partial charge is 0.492 e. The van der Waals surface area contributed by atoms with Crippen molar-refractivity contribution in [2.45, 2.75) is 39.5 Å². The fraction of sp³-hybridized carbons (Fsp3) is 0.435. The number of rotatable bonds is 12. The van der Waals surface area contributed by atoms with Gasteiger partial charge < -0.3 is 10.1 Å². The van der Waals surface area contributed by atoms with Crippen molar-refractivity contribution in [1.82, 2.24) is 5.32 Å². The predicted molar refractivity (Wildman–Crippen MR) is 122 cm³/mol. The lowest BCUT2D eigenvalue weighted by atomic mass is 10.1. The Balaban J connectivity index is 1.71. The summed E-state index contributed by atoms with van der Waals surface area (Å²) in [5, 5.41) is 2.81. The molecule has 0 saturated heterocycles. The van der Waals surface area contributed by atoms with E-state index in [1.807, 2.05) is 31.2 Å². The van der Waals surface area contributed by atoms with Crippen LogP contribution in [0.15, 0.2) is 48.5 Å². The first kappa shape index (κ1) is 23.7. The topological polar surface area (TPSA) is 75.7 Å². The van der Waals surface area contributed by atoms with Gasteiger partial charge in [-0.3, -0.25) is 9.10 Å². The van der Waals surface area contributed by atoms with Crippen LogP contribution in [-0.4, -0.2) is 40.3 Å². The van der Waals surface area contributed by atoms with Crippen LogP contribution in [0.4, 0.5) is 5.69 Å². The van der Waals surface area contributed by atoms with Gasteiger partial charge in [-0.15, -0.1) is 0 Å². The third-order valence-corrected chi connectivity index (χ3v) is 5.84. The summed E-state index contributed by atoms with van der Waals surface area (Å²) in [6.45, 7) is 5.15. The second-order valence-electron chi connectivity index (χ2n) is 7.37. The molecule has 0 aromatic heterocycles. The molecule has 1 amide bonds. The first-order valence-electron chi connectivity index (χ1n) is 10.3. The lowest BCUT2D eigenvalue weighted by molar-refractivity contribution is -0.121. The molecule has 2 aromatic rings. The van der Waals surface area contributed by atoms with Gasteiger partial charge in [-0.05, 0) is 49.6 Å². The highest BCUT2D eigenvalue weighted by molar-refractivity contribution is 7.92. The molecule has 0 spiro atoms. The molecular formula is C23H32N2O4S. The number of amides is 1. The number of benzene rings is 2. The monoisotopic (exact) mass is 432 g/mol. The van der Waals surface area contributed by atoms with Gasteiger partial charge in [0.25, 0.3) is 0 Å². The van der Waals surface area contributed by atoms with Crippen LogP contribution in [0.1, 0.15) is 37.3 Å². The van der Waals surface area contributed by atoms with Gasteiger partial charge in [-0.1, -0.05) is 43.2 Å². The first-order chi connectivity index (χ1) is 14.3. The van der Waals surface area contributed by atoms with Crippen molar-refractivity contribution in [3.63, 3.8) is 0 Å². The molecule has 7 heteroatoms. The highest BCUT2D eigenvalue weighted by atomic mass is 32.2. The van der Waals surface area contributed by atoms with E-state index in [9.17, 15) is 13.2 Å². The average Bonchev–Trinajstić information content (AvgIpc) is 2.70. The summed E-state index contributed by atoms with van der Waals surface area (Å²) in [5.74, 6) is 0.667. The quantitative estimate of drug-likeness (QED) is 0.519. The van der Waals surface area contributed by atoms with Crippen LogP contribution in [-0.2, 0) is 21.2 Å². The van der Waals surface area contributed by atoms with Gasteiger partial charge in [0.05, 0.1) is 18.5 Å². The van der Waals surface area contributed by atoms with Crippen molar-refractivity contribution in [2.24, 2.45) is 0 Å². The summed E-state index contributed by atoms with van der Waals surface area (Å²) in [6.07, 6.45) is 4.03. The standard InChI is InChI=1S/C23H32N2O4S/c1-4-6-20-10-14-22(15-11-20)29-18-16-24-23(26)7-5-17-25(30(3,27)28)21-12-8-19(2)9-13-21/h8-15H,4-7,16-18H2,1-3H3,(H,24,26). The lowest BCUT2D eigenvalue weighted by Gasteiger charge is -2.22. The first-order valence-corrected chi connectivity index (χ1v) is 12.2. The number of carbonyl (C=O) groups excluding carboxylic acids is 1. The number of hydrogen-bond acceptors (Lipinski definition) is 4. The number of nitrogens with one attached hydrogen (secondary N) is 1. The van der Waals surface area contributed by atoms with Gasteiger partial charge in [0.15, 0.2) is 0 Å². The van der Waals surface area contributed by atoms with E-state index in [1.54, 1.807) is 12.1 Å². The SMILES string of the molecule is CCCc1ccc(OCCNC(=O)CCCN(c2ccc(C)cc2)S(C)(=O)=O)cc1. The van der Waals surface area contributed by atoms with Gasteiger partial charge in [-0.25, -0.2) is 8.42 Å². The van der Waals surface area contributed by atoms with Gasteiger partial charge in [-0.2, -0.15) is 0 Å². The van der Waals surface area contributed by atoms with Gasteiger partial charge in [0, 0.05) is 13.0 Å². The molecule has 0 aliphatic carbocycles. The van der Waals surface area contributed by atoms with Crippen molar-refractivity contribution in [1.29, 1.82) is 0 Å². The van der Waals surface area contributed by atoms with E-state index in [2.05, 4.69) is 24.4 Å². The van der Waals surface area contributed by atoms with Crippen molar-refractivity contribution in [2.75, 3.05) is 30.3 Å². The van der Waals surface area contributed by atoms with E-state index in [-0.39, 0.29) is 18.9 Å². The smallest absolute Gasteiger partial charge is 0.232 e. The van der Waals surface area contributed by atoms with Crippen LogP contribution in [0.2, 0.25) is 0 Å². The van der Waals surface area contributed by atoms with Crippen molar-refractivity contribution in [3.05, 3.63) is 59.7 Å². The van der Waals surface area contributed by atoms with E-state index in [1.165, 1.54) is 16.1 Å². The zero-order chi connectivity index (χ0) is 22.0. The maximum absolute atomic E-state index is 12.1. The summed E-state index contributed by atoms with van der Waals surface area (Å²) < 4.78 is 31.2. The molecule has 0 aliphatic rings. The Morgan fingerprint density at radius 3 is 2.33 bits per heavy atom. The molecule has 0 saturated carbocycles. The number of sulfonamides is 1. The fourth-order valence-corrected chi connectivity index (χ4v) is 4.03. The summed E-state index contributed by atoms with van der Waals surface area (Å²) in [7, 11) is -3.41. The number of aryl methyl sites for hydroxylation is 2. The molecule has 0 aliphatic heterocycles. The second kappa shape index (κ2) is 11.6. The Hall–Kier alpha value is -2.54. The molecular weight excluding hydrogens is 400 g/mol. The van der Waals surface area contributed by atoms with E-state index in [4.69, 9.17) is 4.74 Å². The number of ether oxygens (including phenoxy) is 1. The average molecular weight is 433 g/mol. The zero-order valence-electron chi connectivity index (χ0n) is 18.1. The minimum absolute atomic E-state index is 0.116. The molecule has 0 atom stereocenters. The molecule has 0 radical (unpaired) electrons. The third-order valence-electron chi connectivity index (χ3n) is 4.64. The Morgan fingerprint density at radius 2 is 1.73 bits per heavy atom. The predicted octanol–water partition coefficient (Wildman–Crippen LogP) is 3.69. The van der Waals surface area contributed by atoms with Crippen LogP contribution in [0.25, 0.3) is 0 Å². The Bertz CT molecular complexity index is 894. The maximum atomic E-state index is 12.1. The second-order valence-corrected chi connectivity index (χ2v) is 9.27. The van der Waals surface area contributed by atoms with Crippen LogP contribution in [0.5, 0.6) is 5.75 Å². The summed E-state index contributed by atoms with van der Waals surface area (Å²) in [5.41, 5.74) is 2.96. The highest BCUT2D eigenvalue weighted by Gasteiger charge is 2.17. The van der Waals surface area contributed by atoms with Crippen LogP contribution < -0.4 is 14.4 Å². The Morgan fingerprint density at radius 1 is 1.07 bits per heavy atom. The van der Waals surface area contributed by atoms with E-state index >= 15 is 0 Å². The molecule has 6 nitrogen and oxygen atoms in total. The molecule has 30 heavy (non-hydrogen) atoms.